The van der Waals surface area contributed by atoms with Crippen molar-refractivity contribution in [3.8, 4) is 5.75 Å². The van der Waals surface area contributed by atoms with Gasteiger partial charge in [0.2, 0.25) is 5.91 Å². The van der Waals surface area contributed by atoms with Crippen LogP contribution in [0, 0.1) is 5.82 Å². The molecule has 0 aliphatic carbocycles. The number of aromatic amines is 1. The van der Waals surface area contributed by atoms with Gasteiger partial charge in [-0.05, 0) is 35.9 Å². The Balaban J connectivity index is 1.64. The van der Waals surface area contributed by atoms with Crippen LogP contribution in [0.2, 0.25) is 5.02 Å². The van der Waals surface area contributed by atoms with Gasteiger partial charge < -0.3 is 15.0 Å². The van der Waals surface area contributed by atoms with Crippen molar-refractivity contribution in [1.82, 2.24) is 9.97 Å². The summed E-state index contributed by atoms with van der Waals surface area (Å²) < 4.78 is 18.0. The third-order valence-electron chi connectivity index (χ3n) is 3.84. The Kier molecular flexibility index (Phi) is 6.90. The predicted octanol–water partition coefficient (Wildman–Crippen LogP) is 4.04. The van der Waals surface area contributed by atoms with Gasteiger partial charge in [-0.3, -0.25) is 9.59 Å². The van der Waals surface area contributed by atoms with Gasteiger partial charge in [0.25, 0.3) is 5.56 Å². The van der Waals surface area contributed by atoms with Crippen molar-refractivity contribution in [3.63, 3.8) is 0 Å². The van der Waals surface area contributed by atoms with E-state index in [2.05, 4.69) is 15.3 Å². The number of carbonyl (C=O) groups excluding carboxylic acids is 1. The number of nitrogens with zero attached hydrogens (tertiary/aromatic N) is 1. The summed E-state index contributed by atoms with van der Waals surface area (Å²) in [6.45, 7) is 0. The van der Waals surface area contributed by atoms with Crippen molar-refractivity contribution in [2.75, 3.05) is 12.4 Å². The van der Waals surface area contributed by atoms with Crippen LogP contribution in [0.1, 0.15) is 11.3 Å². The molecule has 150 valence electrons. The first-order chi connectivity index (χ1) is 13.9. The highest BCUT2D eigenvalue weighted by molar-refractivity contribution is 7.98. The van der Waals surface area contributed by atoms with Crippen LogP contribution >= 0.6 is 23.4 Å². The number of anilines is 1. The molecule has 0 fully saturated rings. The SMILES string of the molecule is COc1ccc(NC(=O)Cc2cc(=O)[nH]c(SCc3ccc(F)cc3)n2)cc1Cl. The lowest BCUT2D eigenvalue weighted by Crippen LogP contribution is -2.18. The van der Waals surface area contributed by atoms with Gasteiger partial charge >= 0.3 is 0 Å². The molecule has 3 rings (SSSR count). The minimum Gasteiger partial charge on any atom is -0.495 e. The van der Waals surface area contributed by atoms with Crippen molar-refractivity contribution >= 4 is 35.0 Å². The van der Waals surface area contributed by atoms with Gasteiger partial charge in [0.1, 0.15) is 11.6 Å². The Morgan fingerprint density at radius 2 is 2.00 bits per heavy atom. The maximum Gasteiger partial charge on any atom is 0.251 e. The summed E-state index contributed by atoms with van der Waals surface area (Å²) in [6.07, 6.45) is -0.0717. The molecule has 0 spiro atoms. The number of H-pyrrole nitrogens is 1. The summed E-state index contributed by atoms with van der Waals surface area (Å²) in [5.74, 6) is 0.363. The number of thioether (sulfide) groups is 1. The van der Waals surface area contributed by atoms with Crippen LogP contribution < -0.4 is 15.6 Å². The number of carbonyl (C=O) groups is 1. The smallest absolute Gasteiger partial charge is 0.251 e. The summed E-state index contributed by atoms with van der Waals surface area (Å²) in [5, 5.41) is 3.47. The average Bonchev–Trinajstić information content (AvgIpc) is 2.67. The number of rotatable bonds is 7. The van der Waals surface area contributed by atoms with E-state index in [1.165, 1.54) is 37.1 Å². The standard InChI is InChI=1S/C20H17ClFN3O3S/c1-28-17-7-6-14(8-16(17)21)23-18(26)9-15-10-19(27)25-20(24-15)29-11-12-2-4-13(22)5-3-12/h2-8,10H,9,11H2,1H3,(H,23,26)(H,24,25,27). The molecular weight excluding hydrogens is 417 g/mol. The number of methoxy groups -OCH3 is 1. The van der Waals surface area contributed by atoms with Crippen molar-refractivity contribution in [3.05, 3.63) is 81.0 Å². The van der Waals surface area contributed by atoms with E-state index in [1.807, 2.05) is 0 Å². The van der Waals surface area contributed by atoms with Crippen LogP contribution in [0.5, 0.6) is 5.75 Å². The quantitative estimate of drug-likeness (QED) is 0.434. The molecule has 0 unspecified atom stereocenters. The van der Waals surface area contributed by atoms with E-state index < -0.39 is 0 Å². The molecule has 0 radical (unpaired) electrons. The van der Waals surface area contributed by atoms with Gasteiger partial charge in [-0.1, -0.05) is 35.5 Å². The Bertz CT molecular complexity index is 1070. The molecule has 0 aliphatic rings. The highest BCUT2D eigenvalue weighted by atomic mass is 35.5. The minimum absolute atomic E-state index is 0.0717. The lowest BCUT2D eigenvalue weighted by atomic mass is 10.2. The monoisotopic (exact) mass is 433 g/mol. The van der Waals surface area contributed by atoms with Crippen molar-refractivity contribution < 1.29 is 13.9 Å². The van der Waals surface area contributed by atoms with E-state index in [0.717, 1.165) is 5.56 Å². The molecule has 2 aromatic carbocycles. The van der Waals surface area contributed by atoms with Gasteiger partial charge in [0.15, 0.2) is 5.16 Å². The van der Waals surface area contributed by atoms with Crippen LogP contribution in [-0.4, -0.2) is 23.0 Å². The fraction of sp³-hybridized carbons (Fsp3) is 0.150. The fourth-order valence-electron chi connectivity index (χ4n) is 2.49. The molecule has 3 aromatic rings. The number of ether oxygens (including phenoxy) is 1. The zero-order valence-electron chi connectivity index (χ0n) is 15.4. The van der Waals surface area contributed by atoms with E-state index in [-0.39, 0.29) is 23.7 Å². The second kappa shape index (κ2) is 9.58. The molecule has 1 amide bonds. The molecule has 29 heavy (non-hydrogen) atoms. The Morgan fingerprint density at radius 1 is 1.24 bits per heavy atom. The zero-order chi connectivity index (χ0) is 20.8. The maximum absolute atomic E-state index is 13.0. The van der Waals surface area contributed by atoms with Crippen LogP contribution in [0.3, 0.4) is 0 Å². The van der Waals surface area contributed by atoms with Gasteiger partial charge in [0.05, 0.1) is 24.2 Å². The zero-order valence-corrected chi connectivity index (χ0v) is 16.9. The molecule has 1 heterocycles. The van der Waals surface area contributed by atoms with Crippen LogP contribution in [0.15, 0.2) is 58.5 Å². The first-order valence-electron chi connectivity index (χ1n) is 8.54. The van der Waals surface area contributed by atoms with Crippen LogP contribution in [-0.2, 0) is 17.0 Å². The number of hydrogen-bond donors (Lipinski definition) is 2. The number of benzene rings is 2. The highest BCUT2D eigenvalue weighted by Gasteiger charge is 2.10. The van der Waals surface area contributed by atoms with Crippen molar-refractivity contribution in [2.45, 2.75) is 17.3 Å². The maximum atomic E-state index is 13.0. The largest absolute Gasteiger partial charge is 0.495 e. The lowest BCUT2D eigenvalue weighted by molar-refractivity contribution is -0.115. The number of nitrogens with one attached hydrogen (secondary N) is 2. The number of amides is 1. The molecule has 0 atom stereocenters. The first-order valence-corrected chi connectivity index (χ1v) is 9.90. The average molecular weight is 434 g/mol. The summed E-state index contributed by atoms with van der Waals surface area (Å²) in [5.41, 5.74) is 1.39. The first kappa shape index (κ1) is 20.9. The number of aromatic nitrogens is 2. The molecule has 0 saturated carbocycles. The minimum atomic E-state index is -0.350. The predicted molar refractivity (Wildman–Crippen MR) is 111 cm³/mol. The Morgan fingerprint density at radius 3 is 2.69 bits per heavy atom. The van der Waals surface area contributed by atoms with Gasteiger partial charge in [-0.2, -0.15) is 0 Å². The van der Waals surface area contributed by atoms with Gasteiger partial charge in [0, 0.05) is 17.5 Å². The topological polar surface area (TPSA) is 84.1 Å². The molecule has 9 heteroatoms. The molecule has 2 N–H and O–H groups in total. The number of halogens is 2. The highest BCUT2D eigenvalue weighted by Crippen LogP contribution is 2.27. The van der Waals surface area contributed by atoms with E-state index in [1.54, 1.807) is 30.3 Å². The van der Waals surface area contributed by atoms with E-state index in [4.69, 9.17) is 16.3 Å². The third kappa shape index (κ3) is 6.07. The second-order valence-corrected chi connectivity index (χ2v) is 7.40. The molecule has 0 aliphatic heterocycles. The second-order valence-electron chi connectivity index (χ2n) is 6.03. The van der Waals surface area contributed by atoms with E-state index in [0.29, 0.717) is 33.1 Å². The molecular formula is C20H17ClFN3O3S. The summed E-state index contributed by atoms with van der Waals surface area (Å²) >= 11 is 7.34. The number of hydrogen-bond acceptors (Lipinski definition) is 5. The molecule has 0 bridgehead atoms. The van der Waals surface area contributed by atoms with Crippen LogP contribution in [0.4, 0.5) is 10.1 Å². The van der Waals surface area contributed by atoms with Gasteiger partial charge in [-0.15, -0.1) is 0 Å². The summed E-state index contributed by atoms with van der Waals surface area (Å²) in [7, 11) is 1.50. The third-order valence-corrected chi connectivity index (χ3v) is 5.08. The summed E-state index contributed by atoms with van der Waals surface area (Å²) in [4.78, 5) is 31.2. The van der Waals surface area contributed by atoms with Crippen molar-refractivity contribution in [2.24, 2.45) is 0 Å². The fourth-order valence-corrected chi connectivity index (χ4v) is 3.60. The normalized spacial score (nSPS) is 10.6. The lowest BCUT2D eigenvalue weighted by Gasteiger charge is -2.08. The van der Waals surface area contributed by atoms with Gasteiger partial charge in [-0.25, -0.2) is 9.37 Å². The molecule has 0 saturated heterocycles. The van der Waals surface area contributed by atoms with E-state index >= 15 is 0 Å². The van der Waals surface area contributed by atoms with Crippen LogP contribution in [0.25, 0.3) is 0 Å². The Hall–Kier alpha value is -2.84. The Labute approximate surface area is 175 Å². The summed E-state index contributed by atoms with van der Waals surface area (Å²) in [6, 6.07) is 12.2. The van der Waals surface area contributed by atoms with E-state index in [9.17, 15) is 14.0 Å². The molecule has 6 nitrogen and oxygen atoms in total. The van der Waals surface area contributed by atoms with Crippen molar-refractivity contribution in [1.29, 1.82) is 0 Å². The molecule has 1 aromatic heterocycles.